The van der Waals surface area contributed by atoms with Crippen molar-refractivity contribution in [3.05, 3.63) is 59.3 Å². The van der Waals surface area contributed by atoms with Crippen LogP contribution in [-0.2, 0) is 0 Å². The fourth-order valence-corrected chi connectivity index (χ4v) is 7.59. The number of allylic oxidation sites excluding steroid dienone is 8. The maximum atomic E-state index is 10.1. The van der Waals surface area contributed by atoms with Crippen LogP contribution in [0.1, 0.15) is 140 Å². The van der Waals surface area contributed by atoms with E-state index in [9.17, 15) is 10.2 Å². The standard InChI is InChI=1S/C40H68O2/c1-29(17-13-19-31(3)21-23-37-33(5)25-35(41)27-39(37,7)8)15-11-12-16-30(2)18-14-20-32(4)22-24-38-34(6)26-36(42)28-40(38,9)10/h11,15,21-25,29-32,35-37,41-42H,12-14,16-20,26-28H2,1-10H3/b15-11+,23-21+,24-22+/t29?,30?,31?,32?,35-,36-,37-/m0/s1. The van der Waals surface area contributed by atoms with Gasteiger partial charge in [-0.1, -0.05) is 128 Å². The van der Waals surface area contributed by atoms with Crippen LogP contribution in [0.2, 0.25) is 0 Å². The van der Waals surface area contributed by atoms with Crippen molar-refractivity contribution in [2.24, 2.45) is 40.4 Å². The molecular weight excluding hydrogens is 512 g/mol. The molecule has 0 spiro atoms. The van der Waals surface area contributed by atoms with Gasteiger partial charge in [-0.2, -0.15) is 0 Å². The molecule has 0 aromatic rings. The maximum Gasteiger partial charge on any atom is 0.0729 e. The van der Waals surface area contributed by atoms with Gasteiger partial charge in [0.05, 0.1) is 12.2 Å². The van der Waals surface area contributed by atoms with Crippen LogP contribution < -0.4 is 0 Å². The Morgan fingerprint density at radius 1 is 0.810 bits per heavy atom. The van der Waals surface area contributed by atoms with Gasteiger partial charge in [0, 0.05) is 5.92 Å². The summed E-state index contributed by atoms with van der Waals surface area (Å²) in [7, 11) is 0. The third-order valence-electron chi connectivity index (χ3n) is 10.2. The number of aliphatic hydroxyl groups excluding tert-OH is 2. The molecule has 2 heteroatoms. The highest BCUT2D eigenvalue weighted by Gasteiger charge is 2.34. The maximum absolute atomic E-state index is 10.1. The molecule has 0 bridgehead atoms. The SMILES string of the molecule is CC1=C[C@H](O)CC(C)(C)[C@H]1/C=C/C(C)CCCC(C)/C=C/CCC(C)CCCC(C)/C=C/C1=C(C)C[C@H](O)CC1(C)C. The Kier molecular flexibility index (Phi) is 15.1. The van der Waals surface area contributed by atoms with Crippen molar-refractivity contribution in [1.29, 1.82) is 0 Å². The van der Waals surface area contributed by atoms with E-state index in [0.29, 0.717) is 23.7 Å². The lowest BCUT2D eigenvalue weighted by molar-refractivity contribution is 0.116. The number of rotatable bonds is 16. The van der Waals surface area contributed by atoms with E-state index in [0.717, 1.165) is 25.2 Å². The first kappa shape index (κ1) is 36.8. The third kappa shape index (κ3) is 12.7. The normalized spacial score (nSPS) is 27.5. The summed E-state index contributed by atoms with van der Waals surface area (Å²) in [4.78, 5) is 0. The lowest BCUT2D eigenvalue weighted by Crippen LogP contribution is -2.32. The van der Waals surface area contributed by atoms with E-state index in [1.54, 1.807) is 0 Å². The second kappa shape index (κ2) is 17.2. The van der Waals surface area contributed by atoms with Crippen molar-refractivity contribution in [2.45, 2.75) is 152 Å². The summed E-state index contributed by atoms with van der Waals surface area (Å²) in [5.74, 6) is 3.08. The average molecular weight is 581 g/mol. The van der Waals surface area contributed by atoms with E-state index >= 15 is 0 Å². The van der Waals surface area contributed by atoms with Crippen molar-refractivity contribution < 1.29 is 10.2 Å². The molecular formula is C40H68O2. The van der Waals surface area contributed by atoms with Gasteiger partial charge in [0.15, 0.2) is 0 Å². The molecule has 0 amide bonds. The van der Waals surface area contributed by atoms with E-state index < -0.39 is 0 Å². The second-order valence-electron chi connectivity index (χ2n) is 15.9. The minimum atomic E-state index is -0.291. The summed E-state index contributed by atoms with van der Waals surface area (Å²) < 4.78 is 0. The fourth-order valence-electron chi connectivity index (χ4n) is 7.59. The van der Waals surface area contributed by atoms with Crippen LogP contribution in [0.3, 0.4) is 0 Å². The van der Waals surface area contributed by atoms with Crippen LogP contribution in [0.25, 0.3) is 0 Å². The first-order valence-electron chi connectivity index (χ1n) is 17.4. The van der Waals surface area contributed by atoms with Gasteiger partial charge in [0.25, 0.3) is 0 Å². The fraction of sp³-hybridized carbons (Fsp3) is 0.750. The summed E-state index contributed by atoms with van der Waals surface area (Å²) in [5, 5.41) is 20.2. The summed E-state index contributed by atoms with van der Waals surface area (Å²) in [6, 6.07) is 0. The molecule has 2 rings (SSSR count). The van der Waals surface area contributed by atoms with Gasteiger partial charge in [-0.3, -0.25) is 0 Å². The van der Waals surface area contributed by atoms with Crippen LogP contribution in [0, 0.1) is 40.4 Å². The Bertz CT molecular complexity index is 958. The molecule has 42 heavy (non-hydrogen) atoms. The second-order valence-corrected chi connectivity index (χ2v) is 15.9. The lowest BCUT2D eigenvalue weighted by Gasteiger charge is -2.39. The molecule has 240 valence electrons. The number of hydrogen-bond acceptors (Lipinski definition) is 2. The van der Waals surface area contributed by atoms with E-state index in [1.165, 1.54) is 68.1 Å². The van der Waals surface area contributed by atoms with E-state index in [2.05, 4.69) is 106 Å². The van der Waals surface area contributed by atoms with Gasteiger partial charge in [-0.25, -0.2) is 0 Å². The Morgan fingerprint density at radius 2 is 1.40 bits per heavy atom. The molecule has 2 N–H and O–H groups in total. The summed E-state index contributed by atoms with van der Waals surface area (Å²) in [5.41, 5.74) is 4.30. The predicted octanol–water partition coefficient (Wildman–Crippen LogP) is 11.2. The van der Waals surface area contributed by atoms with Gasteiger partial charge in [0.2, 0.25) is 0 Å². The first-order chi connectivity index (χ1) is 19.6. The minimum Gasteiger partial charge on any atom is -0.393 e. The predicted molar refractivity (Wildman–Crippen MR) is 184 cm³/mol. The molecule has 0 radical (unpaired) electrons. The van der Waals surface area contributed by atoms with Gasteiger partial charge in [-0.05, 0) is 105 Å². The lowest BCUT2D eigenvalue weighted by atomic mass is 9.67. The van der Waals surface area contributed by atoms with Crippen LogP contribution >= 0.6 is 0 Å². The zero-order valence-corrected chi connectivity index (χ0v) is 29.3. The Labute approximate surface area is 261 Å². The van der Waals surface area contributed by atoms with Crippen LogP contribution in [0.4, 0.5) is 0 Å². The van der Waals surface area contributed by atoms with Gasteiger partial charge >= 0.3 is 0 Å². The topological polar surface area (TPSA) is 40.5 Å². The van der Waals surface area contributed by atoms with Gasteiger partial charge < -0.3 is 10.2 Å². The largest absolute Gasteiger partial charge is 0.393 e. The smallest absolute Gasteiger partial charge is 0.0729 e. The highest BCUT2D eigenvalue weighted by molar-refractivity contribution is 5.33. The molecule has 2 aliphatic carbocycles. The molecule has 7 atom stereocenters. The molecule has 2 aliphatic rings. The Balaban J connectivity index is 1.60. The van der Waals surface area contributed by atoms with Crippen molar-refractivity contribution >= 4 is 0 Å². The van der Waals surface area contributed by atoms with Gasteiger partial charge in [0.1, 0.15) is 0 Å². The van der Waals surface area contributed by atoms with Crippen LogP contribution in [-0.4, -0.2) is 22.4 Å². The quantitative estimate of drug-likeness (QED) is 0.178. The molecule has 0 saturated heterocycles. The summed E-state index contributed by atoms with van der Waals surface area (Å²) in [6.07, 6.45) is 28.8. The van der Waals surface area contributed by atoms with E-state index in [-0.39, 0.29) is 23.0 Å². The van der Waals surface area contributed by atoms with Crippen molar-refractivity contribution in [1.82, 2.24) is 0 Å². The first-order valence-corrected chi connectivity index (χ1v) is 17.4. The molecule has 0 aromatic heterocycles. The molecule has 0 saturated carbocycles. The monoisotopic (exact) mass is 581 g/mol. The average Bonchev–Trinajstić information content (AvgIpc) is 2.84. The zero-order chi connectivity index (χ0) is 31.5. The number of hydrogen-bond donors (Lipinski definition) is 2. The molecule has 0 fully saturated rings. The number of aliphatic hydroxyl groups is 2. The van der Waals surface area contributed by atoms with Crippen LogP contribution in [0.5, 0.6) is 0 Å². The van der Waals surface area contributed by atoms with Crippen LogP contribution in [0.15, 0.2) is 59.3 Å². The molecule has 0 heterocycles. The third-order valence-corrected chi connectivity index (χ3v) is 10.2. The van der Waals surface area contributed by atoms with E-state index in [1.807, 2.05) is 6.08 Å². The Hall–Kier alpha value is -1.38. The minimum absolute atomic E-state index is 0.0724. The molecule has 0 aliphatic heterocycles. The van der Waals surface area contributed by atoms with Crippen molar-refractivity contribution in [3.63, 3.8) is 0 Å². The highest BCUT2D eigenvalue weighted by Crippen LogP contribution is 2.42. The van der Waals surface area contributed by atoms with Crippen molar-refractivity contribution in [2.75, 3.05) is 0 Å². The van der Waals surface area contributed by atoms with Gasteiger partial charge in [-0.15, -0.1) is 0 Å². The van der Waals surface area contributed by atoms with E-state index in [4.69, 9.17) is 0 Å². The molecule has 0 aromatic carbocycles. The molecule has 4 unspecified atom stereocenters. The Morgan fingerprint density at radius 3 is 2.02 bits per heavy atom. The highest BCUT2D eigenvalue weighted by atomic mass is 16.3. The summed E-state index contributed by atoms with van der Waals surface area (Å²) >= 11 is 0. The van der Waals surface area contributed by atoms with Crippen molar-refractivity contribution in [3.8, 4) is 0 Å². The molecule has 2 nitrogen and oxygen atoms in total. The zero-order valence-electron chi connectivity index (χ0n) is 29.3. The summed E-state index contributed by atoms with van der Waals surface area (Å²) in [6.45, 7) is 23.0.